The van der Waals surface area contributed by atoms with Gasteiger partial charge in [0.1, 0.15) is 34.5 Å². The number of nitriles is 2. The Labute approximate surface area is 334 Å². The van der Waals surface area contributed by atoms with Crippen molar-refractivity contribution in [2.24, 2.45) is 0 Å². The van der Waals surface area contributed by atoms with E-state index in [1.54, 1.807) is 12.1 Å². The molecule has 0 radical (unpaired) electrons. The van der Waals surface area contributed by atoms with E-state index in [9.17, 15) is 10.5 Å². The third-order valence-corrected chi connectivity index (χ3v) is 12.1. The molecule has 0 bridgehead atoms. The van der Waals surface area contributed by atoms with Gasteiger partial charge in [-0.15, -0.1) is 0 Å². The molecule has 0 aliphatic rings. The van der Waals surface area contributed by atoms with Gasteiger partial charge in [-0.3, -0.25) is 0 Å². The third-order valence-electron chi connectivity index (χ3n) is 12.1. The lowest BCUT2D eigenvalue weighted by Crippen LogP contribution is -2.11. The molecular formula is C52H38N4O2. The predicted octanol–water partition coefficient (Wildman–Crippen LogP) is 14.0. The van der Waals surface area contributed by atoms with E-state index in [-0.39, 0.29) is 10.8 Å². The average Bonchev–Trinajstić information content (AvgIpc) is 3.96. The first-order chi connectivity index (χ1) is 28.0. The molecule has 0 N–H and O–H groups in total. The van der Waals surface area contributed by atoms with Crippen molar-refractivity contribution in [2.75, 3.05) is 0 Å². The van der Waals surface area contributed by atoms with Crippen LogP contribution >= 0.6 is 0 Å². The molecule has 278 valence electrons. The lowest BCUT2D eigenvalue weighted by molar-refractivity contribution is 0.591. The molecule has 0 amide bonds. The van der Waals surface area contributed by atoms with Crippen LogP contribution in [0.15, 0.2) is 130 Å². The molecule has 7 aromatic carbocycles. The molecule has 4 heterocycles. The highest BCUT2D eigenvalue weighted by Crippen LogP contribution is 2.47. The zero-order valence-electron chi connectivity index (χ0n) is 33.2. The van der Waals surface area contributed by atoms with Crippen LogP contribution in [-0.2, 0) is 10.8 Å². The van der Waals surface area contributed by atoms with Crippen LogP contribution in [0.4, 0.5) is 0 Å². The summed E-state index contributed by atoms with van der Waals surface area (Å²) in [5.41, 5.74) is 11.1. The second-order valence-corrected chi connectivity index (χ2v) is 17.6. The van der Waals surface area contributed by atoms with Crippen LogP contribution < -0.4 is 0 Å². The van der Waals surface area contributed by atoms with Crippen LogP contribution in [-0.4, -0.2) is 9.13 Å². The quantitative estimate of drug-likeness (QED) is 0.176. The van der Waals surface area contributed by atoms with E-state index in [1.807, 2.05) is 36.4 Å². The summed E-state index contributed by atoms with van der Waals surface area (Å²) >= 11 is 0. The molecule has 0 atom stereocenters. The number of para-hydroxylation sites is 2. The van der Waals surface area contributed by atoms with Gasteiger partial charge in [-0.05, 0) is 94.8 Å². The van der Waals surface area contributed by atoms with Gasteiger partial charge in [0.25, 0.3) is 0 Å². The first-order valence-corrected chi connectivity index (χ1v) is 19.7. The van der Waals surface area contributed by atoms with Gasteiger partial charge in [0.05, 0.1) is 55.3 Å². The Bertz CT molecular complexity index is 3430. The molecule has 0 aliphatic heterocycles. The van der Waals surface area contributed by atoms with Crippen LogP contribution in [0.5, 0.6) is 0 Å². The molecule has 4 aromatic heterocycles. The fourth-order valence-corrected chi connectivity index (χ4v) is 9.20. The van der Waals surface area contributed by atoms with Crippen LogP contribution in [0.3, 0.4) is 0 Å². The molecule has 11 aromatic rings. The van der Waals surface area contributed by atoms with Gasteiger partial charge >= 0.3 is 0 Å². The third kappa shape index (κ3) is 4.58. The maximum Gasteiger partial charge on any atom is 0.145 e. The zero-order valence-corrected chi connectivity index (χ0v) is 33.2. The fourth-order valence-electron chi connectivity index (χ4n) is 9.20. The predicted molar refractivity (Wildman–Crippen MR) is 237 cm³/mol. The van der Waals surface area contributed by atoms with Crippen LogP contribution in [0.25, 0.3) is 98.9 Å². The summed E-state index contributed by atoms with van der Waals surface area (Å²) in [6.07, 6.45) is 0. The van der Waals surface area contributed by atoms with Crippen molar-refractivity contribution in [3.63, 3.8) is 0 Å². The molecule has 0 fully saturated rings. The van der Waals surface area contributed by atoms with Gasteiger partial charge in [0.15, 0.2) is 0 Å². The van der Waals surface area contributed by atoms with Crippen molar-refractivity contribution in [2.45, 2.75) is 52.4 Å². The second kappa shape index (κ2) is 11.6. The first kappa shape index (κ1) is 34.0. The SMILES string of the molecule is CC(C)(C)c1ccc2c(c1)c1c3oc4ccccc4c3ccc1n2-c1c(C#N)ccc(C#N)c1-n1c2ccc(C(C)(C)C)cc2c2c3oc4ccccc4c3ccc21. The van der Waals surface area contributed by atoms with Gasteiger partial charge in [0, 0.05) is 32.3 Å². The molecule has 0 unspecified atom stereocenters. The summed E-state index contributed by atoms with van der Waals surface area (Å²) in [7, 11) is 0. The number of rotatable bonds is 2. The highest BCUT2D eigenvalue weighted by Gasteiger charge is 2.29. The summed E-state index contributed by atoms with van der Waals surface area (Å²) < 4.78 is 17.8. The molecule has 0 saturated heterocycles. The molecule has 11 rings (SSSR count). The Morgan fingerprint density at radius 1 is 0.431 bits per heavy atom. The summed E-state index contributed by atoms with van der Waals surface area (Å²) in [5, 5.41) is 30.2. The van der Waals surface area contributed by atoms with Crippen molar-refractivity contribution in [1.82, 2.24) is 9.13 Å². The highest BCUT2D eigenvalue weighted by atomic mass is 16.3. The summed E-state index contributed by atoms with van der Waals surface area (Å²) in [4.78, 5) is 0. The Morgan fingerprint density at radius 3 is 1.22 bits per heavy atom. The number of hydrogen-bond donors (Lipinski definition) is 0. The van der Waals surface area contributed by atoms with Crippen LogP contribution in [0, 0.1) is 22.7 Å². The number of nitrogens with zero attached hydrogens (tertiary/aromatic N) is 4. The van der Waals surface area contributed by atoms with E-state index in [1.165, 1.54) is 11.1 Å². The Balaban J connectivity index is 1.35. The van der Waals surface area contributed by atoms with E-state index >= 15 is 0 Å². The van der Waals surface area contributed by atoms with Crippen LogP contribution in [0.2, 0.25) is 0 Å². The van der Waals surface area contributed by atoms with Gasteiger partial charge in [-0.25, -0.2) is 0 Å². The number of furan rings is 2. The summed E-state index contributed by atoms with van der Waals surface area (Å²) in [6.45, 7) is 13.3. The zero-order chi connectivity index (χ0) is 39.8. The highest BCUT2D eigenvalue weighted by molar-refractivity contribution is 6.26. The average molecular weight is 751 g/mol. The monoisotopic (exact) mass is 750 g/mol. The second-order valence-electron chi connectivity index (χ2n) is 17.6. The van der Waals surface area contributed by atoms with Gasteiger partial charge in [-0.2, -0.15) is 10.5 Å². The lowest BCUT2D eigenvalue weighted by atomic mass is 9.86. The van der Waals surface area contributed by atoms with E-state index in [0.717, 1.165) is 87.5 Å². The summed E-state index contributed by atoms with van der Waals surface area (Å²) in [6, 6.07) is 46.7. The number of fused-ring (bicyclic) bond motifs is 14. The van der Waals surface area contributed by atoms with Crippen LogP contribution in [0.1, 0.15) is 63.8 Å². The van der Waals surface area contributed by atoms with Gasteiger partial charge in [-0.1, -0.05) is 90.1 Å². The number of aromatic nitrogens is 2. The molecule has 0 spiro atoms. The summed E-state index contributed by atoms with van der Waals surface area (Å²) in [5.74, 6) is 0. The minimum absolute atomic E-state index is 0.120. The Morgan fingerprint density at radius 2 is 0.828 bits per heavy atom. The molecular weight excluding hydrogens is 713 g/mol. The number of hydrogen-bond acceptors (Lipinski definition) is 4. The van der Waals surface area contributed by atoms with E-state index < -0.39 is 0 Å². The van der Waals surface area contributed by atoms with Gasteiger partial charge < -0.3 is 18.0 Å². The Kier molecular flexibility index (Phi) is 6.82. The van der Waals surface area contributed by atoms with E-state index in [0.29, 0.717) is 22.5 Å². The minimum atomic E-state index is -0.120. The van der Waals surface area contributed by atoms with Crippen molar-refractivity contribution >= 4 is 87.5 Å². The largest absolute Gasteiger partial charge is 0.455 e. The fraction of sp³-hybridized carbons (Fsp3) is 0.154. The van der Waals surface area contributed by atoms with E-state index in [2.05, 4.69) is 136 Å². The maximum absolute atomic E-state index is 11.1. The Hall–Kier alpha value is -7.28. The van der Waals surface area contributed by atoms with Crippen molar-refractivity contribution < 1.29 is 8.83 Å². The lowest BCUT2D eigenvalue weighted by Gasteiger charge is -2.21. The van der Waals surface area contributed by atoms with Gasteiger partial charge in [0.2, 0.25) is 0 Å². The standard InChI is InChI=1S/C52H38N4O2/c1-51(2,3)31-17-21-39-37(25-31)45-41(23-19-35-33-11-7-9-13-43(33)57-49(35)45)55(39)47-29(27-53)15-16-30(28-54)48(47)56-40-22-18-32(52(4,5)6)26-38(40)46-42(56)24-20-36-34-12-8-10-14-44(34)58-50(36)46/h7-26H,1-6H3. The molecule has 6 heteroatoms. The van der Waals surface area contributed by atoms with Crippen molar-refractivity contribution in [3.05, 3.63) is 144 Å². The smallest absolute Gasteiger partial charge is 0.145 e. The molecule has 6 nitrogen and oxygen atoms in total. The maximum atomic E-state index is 11.1. The van der Waals surface area contributed by atoms with Crippen molar-refractivity contribution in [1.29, 1.82) is 10.5 Å². The molecule has 58 heavy (non-hydrogen) atoms. The molecule has 0 aliphatic carbocycles. The first-order valence-electron chi connectivity index (χ1n) is 19.7. The van der Waals surface area contributed by atoms with E-state index in [4.69, 9.17) is 8.83 Å². The number of benzene rings is 7. The molecule has 0 saturated carbocycles. The normalized spacial score (nSPS) is 12.6. The topological polar surface area (TPSA) is 83.7 Å². The minimum Gasteiger partial charge on any atom is -0.455 e. The van der Waals surface area contributed by atoms with Crippen molar-refractivity contribution in [3.8, 4) is 23.5 Å².